The van der Waals surface area contributed by atoms with Crippen molar-refractivity contribution in [2.45, 2.75) is 52.1 Å². The van der Waals surface area contributed by atoms with Gasteiger partial charge in [-0.05, 0) is 23.8 Å². The largest absolute Gasteiger partial charge is 0.348 e. The van der Waals surface area contributed by atoms with E-state index in [9.17, 15) is 4.79 Å². The van der Waals surface area contributed by atoms with Gasteiger partial charge in [0.2, 0.25) is 5.91 Å². The maximum Gasteiger partial charge on any atom is 0.225 e. The van der Waals surface area contributed by atoms with Crippen molar-refractivity contribution in [1.29, 1.82) is 0 Å². The molecule has 1 aromatic carbocycles. The normalized spacial score (nSPS) is 24.4. The standard InChI is InChI=1S/C17H26N2O/c1-17(2,3)15(12-8-5-4-6-9-12)19-16(20)13-10-7-11-14(13)18/h4-6,8-9,13-15H,7,10-11,18H2,1-3H3,(H,19,20). The highest BCUT2D eigenvalue weighted by atomic mass is 16.2. The monoisotopic (exact) mass is 274 g/mol. The molecule has 1 aromatic rings. The molecule has 1 aliphatic rings. The Morgan fingerprint density at radius 1 is 1.25 bits per heavy atom. The second kappa shape index (κ2) is 5.96. The molecule has 0 saturated heterocycles. The van der Waals surface area contributed by atoms with E-state index in [0.717, 1.165) is 24.8 Å². The summed E-state index contributed by atoms with van der Waals surface area (Å²) in [5, 5.41) is 3.23. The maximum absolute atomic E-state index is 12.5. The second-order valence-corrected chi connectivity index (χ2v) is 6.92. The van der Waals surface area contributed by atoms with Gasteiger partial charge < -0.3 is 11.1 Å². The lowest BCUT2D eigenvalue weighted by Crippen LogP contribution is -2.43. The van der Waals surface area contributed by atoms with Gasteiger partial charge in [-0.1, -0.05) is 57.5 Å². The highest BCUT2D eigenvalue weighted by Crippen LogP contribution is 2.34. The third-order valence-corrected chi connectivity index (χ3v) is 4.19. The first kappa shape index (κ1) is 15.0. The molecule has 3 N–H and O–H groups in total. The fourth-order valence-corrected chi connectivity index (χ4v) is 3.01. The third-order valence-electron chi connectivity index (χ3n) is 4.19. The average molecular weight is 274 g/mol. The van der Waals surface area contributed by atoms with Crippen molar-refractivity contribution in [3.63, 3.8) is 0 Å². The van der Waals surface area contributed by atoms with E-state index < -0.39 is 0 Å². The summed E-state index contributed by atoms with van der Waals surface area (Å²) in [6.07, 6.45) is 2.94. The lowest BCUT2D eigenvalue weighted by molar-refractivity contribution is -0.126. The third kappa shape index (κ3) is 3.40. The zero-order chi connectivity index (χ0) is 14.8. The average Bonchev–Trinajstić information content (AvgIpc) is 2.82. The van der Waals surface area contributed by atoms with Gasteiger partial charge in [-0.3, -0.25) is 4.79 Å². The Morgan fingerprint density at radius 3 is 2.40 bits per heavy atom. The number of benzene rings is 1. The number of rotatable bonds is 3. The molecule has 3 heteroatoms. The van der Waals surface area contributed by atoms with Crippen LogP contribution in [0.1, 0.15) is 51.6 Å². The Bertz CT molecular complexity index is 450. The molecule has 3 unspecified atom stereocenters. The zero-order valence-electron chi connectivity index (χ0n) is 12.7. The SMILES string of the molecule is CC(C)(C)C(NC(=O)C1CCCC1N)c1ccccc1. The minimum absolute atomic E-state index is 0.0176. The molecule has 110 valence electrons. The molecular weight excluding hydrogens is 248 g/mol. The van der Waals surface area contributed by atoms with Crippen LogP contribution in [0, 0.1) is 11.3 Å². The molecule has 3 nitrogen and oxygen atoms in total. The Balaban J connectivity index is 2.15. The predicted octanol–water partition coefficient (Wildman–Crippen LogP) is 3.02. The van der Waals surface area contributed by atoms with E-state index in [1.165, 1.54) is 0 Å². The Hall–Kier alpha value is -1.35. The first-order valence-corrected chi connectivity index (χ1v) is 7.50. The fourth-order valence-electron chi connectivity index (χ4n) is 3.01. The molecule has 0 bridgehead atoms. The van der Waals surface area contributed by atoms with Gasteiger partial charge in [0.05, 0.1) is 12.0 Å². The summed E-state index contributed by atoms with van der Waals surface area (Å²) < 4.78 is 0. The number of nitrogens with one attached hydrogen (secondary N) is 1. The van der Waals surface area contributed by atoms with E-state index >= 15 is 0 Å². The Labute approximate surface area is 121 Å². The summed E-state index contributed by atoms with van der Waals surface area (Å²) in [6, 6.07) is 10.2. The lowest BCUT2D eigenvalue weighted by Gasteiger charge is -2.33. The van der Waals surface area contributed by atoms with Crippen LogP contribution >= 0.6 is 0 Å². The molecule has 1 saturated carbocycles. The maximum atomic E-state index is 12.5. The van der Waals surface area contributed by atoms with Crippen LogP contribution in [-0.2, 0) is 4.79 Å². The fraction of sp³-hybridized carbons (Fsp3) is 0.588. The van der Waals surface area contributed by atoms with Crippen LogP contribution < -0.4 is 11.1 Å². The summed E-state index contributed by atoms with van der Waals surface area (Å²) in [6.45, 7) is 6.46. The summed E-state index contributed by atoms with van der Waals surface area (Å²) >= 11 is 0. The van der Waals surface area contributed by atoms with Crippen molar-refractivity contribution in [3.8, 4) is 0 Å². The molecule has 0 spiro atoms. The molecule has 20 heavy (non-hydrogen) atoms. The van der Waals surface area contributed by atoms with Crippen LogP contribution in [0.25, 0.3) is 0 Å². The first-order chi connectivity index (χ1) is 9.39. The molecule has 0 heterocycles. The van der Waals surface area contributed by atoms with Crippen LogP contribution in [0.15, 0.2) is 30.3 Å². The van der Waals surface area contributed by atoms with Gasteiger partial charge in [0.25, 0.3) is 0 Å². The van der Waals surface area contributed by atoms with E-state index in [1.54, 1.807) is 0 Å². The van der Waals surface area contributed by atoms with Gasteiger partial charge in [-0.2, -0.15) is 0 Å². The van der Waals surface area contributed by atoms with E-state index in [-0.39, 0.29) is 29.3 Å². The van der Waals surface area contributed by atoms with Crippen LogP contribution in [0.3, 0.4) is 0 Å². The van der Waals surface area contributed by atoms with Crippen molar-refractivity contribution >= 4 is 5.91 Å². The van der Waals surface area contributed by atoms with Gasteiger partial charge >= 0.3 is 0 Å². The molecule has 0 radical (unpaired) electrons. The van der Waals surface area contributed by atoms with Crippen molar-refractivity contribution in [3.05, 3.63) is 35.9 Å². The smallest absolute Gasteiger partial charge is 0.225 e. The minimum Gasteiger partial charge on any atom is -0.348 e. The highest BCUT2D eigenvalue weighted by molar-refractivity contribution is 5.80. The molecular formula is C17H26N2O. The highest BCUT2D eigenvalue weighted by Gasteiger charge is 2.34. The zero-order valence-corrected chi connectivity index (χ0v) is 12.7. The topological polar surface area (TPSA) is 55.1 Å². The van der Waals surface area contributed by atoms with Crippen molar-refractivity contribution in [2.24, 2.45) is 17.1 Å². The Kier molecular flexibility index (Phi) is 4.48. The number of carbonyl (C=O) groups is 1. The predicted molar refractivity (Wildman–Crippen MR) is 82.1 cm³/mol. The second-order valence-electron chi connectivity index (χ2n) is 6.92. The quantitative estimate of drug-likeness (QED) is 0.890. The molecule has 1 fully saturated rings. The van der Waals surface area contributed by atoms with Crippen molar-refractivity contribution in [1.82, 2.24) is 5.32 Å². The van der Waals surface area contributed by atoms with E-state index in [0.29, 0.717) is 0 Å². The van der Waals surface area contributed by atoms with Crippen LogP contribution in [0.5, 0.6) is 0 Å². The molecule has 2 rings (SSSR count). The number of carbonyl (C=O) groups excluding carboxylic acids is 1. The summed E-state index contributed by atoms with van der Waals surface area (Å²) in [5.74, 6) is 0.0855. The minimum atomic E-state index is -0.0281. The molecule has 0 aliphatic heterocycles. The molecule has 1 amide bonds. The Morgan fingerprint density at radius 2 is 1.90 bits per heavy atom. The molecule has 1 aliphatic carbocycles. The van der Waals surface area contributed by atoms with Gasteiger partial charge in [0.15, 0.2) is 0 Å². The summed E-state index contributed by atoms with van der Waals surface area (Å²) in [5.41, 5.74) is 7.17. The van der Waals surface area contributed by atoms with E-state index in [1.807, 2.05) is 18.2 Å². The number of hydrogen-bond donors (Lipinski definition) is 2. The molecule has 0 aromatic heterocycles. The van der Waals surface area contributed by atoms with Crippen LogP contribution in [0.2, 0.25) is 0 Å². The first-order valence-electron chi connectivity index (χ1n) is 7.50. The van der Waals surface area contributed by atoms with Gasteiger partial charge in [0.1, 0.15) is 0 Å². The van der Waals surface area contributed by atoms with Crippen LogP contribution in [0.4, 0.5) is 0 Å². The van der Waals surface area contributed by atoms with Gasteiger partial charge in [-0.25, -0.2) is 0 Å². The van der Waals surface area contributed by atoms with Crippen LogP contribution in [-0.4, -0.2) is 11.9 Å². The summed E-state index contributed by atoms with van der Waals surface area (Å²) in [4.78, 5) is 12.5. The summed E-state index contributed by atoms with van der Waals surface area (Å²) in [7, 11) is 0. The van der Waals surface area contributed by atoms with Gasteiger partial charge in [0, 0.05) is 6.04 Å². The van der Waals surface area contributed by atoms with E-state index in [4.69, 9.17) is 5.73 Å². The van der Waals surface area contributed by atoms with E-state index in [2.05, 4.69) is 38.2 Å². The van der Waals surface area contributed by atoms with Crippen molar-refractivity contribution in [2.75, 3.05) is 0 Å². The molecule has 3 atom stereocenters. The van der Waals surface area contributed by atoms with Gasteiger partial charge in [-0.15, -0.1) is 0 Å². The number of nitrogens with two attached hydrogens (primary N) is 1. The number of amides is 1. The van der Waals surface area contributed by atoms with Crippen molar-refractivity contribution < 1.29 is 4.79 Å². The number of hydrogen-bond acceptors (Lipinski definition) is 2. The lowest BCUT2D eigenvalue weighted by atomic mass is 9.82.